The van der Waals surface area contributed by atoms with Crippen molar-refractivity contribution >= 4 is 0 Å². The van der Waals surface area contributed by atoms with Crippen LogP contribution in [-0.2, 0) is 0 Å². The van der Waals surface area contributed by atoms with Gasteiger partial charge in [0, 0.05) is 11.6 Å². The Labute approximate surface area is 104 Å². The Morgan fingerprint density at radius 3 is 2.53 bits per heavy atom. The number of hydrogen-bond donors (Lipinski definition) is 1. The number of nitrogens with one attached hydrogen (secondary N) is 1. The Kier molecular flexibility index (Phi) is 5.84. The fraction of sp³-hybridized carbons (Fsp3) is 0.571. The number of benzene rings is 1. The molecule has 1 unspecified atom stereocenters. The second kappa shape index (κ2) is 7.17. The van der Waals surface area contributed by atoms with Crippen LogP contribution in [0.5, 0.6) is 11.5 Å². The summed E-state index contributed by atoms with van der Waals surface area (Å²) in [7, 11) is 5.38. The summed E-state index contributed by atoms with van der Waals surface area (Å²) in [5, 5.41) is 3.34. The minimum atomic E-state index is 0.319. The van der Waals surface area contributed by atoms with Crippen LogP contribution in [0.25, 0.3) is 0 Å². The number of methoxy groups -OCH3 is 2. The molecule has 0 aliphatic heterocycles. The van der Waals surface area contributed by atoms with Crippen LogP contribution in [0.1, 0.15) is 37.8 Å². The van der Waals surface area contributed by atoms with Crippen LogP contribution >= 0.6 is 0 Å². The Bertz CT molecular complexity index is 339. The van der Waals surface area contributed by atoms with Crippen molar-refractivity contribution in [2.75, 3.05) is 21.3 Å². The highest BCUT2D eigenvalue weighted by atomic mass is 16.5. The average Bonchev–Trinajstić information content (AvgIpc) is 2.39. The fourth-order valence-electron chi connectivity index (χ4n) is 1.98. The van der Waals surface area contributed by atoms with Crippen LogP contribution in [0.4, 0.5) is 0 Å². The van der Waals surface area contributed by atoms with Gasteiger partial charge in [-0.2, -0.15) is 0 Å². The minimum Gasteiger partial charge on any atom is -0.497 e. The molecule has 0 bridgehead atoms. The summed E-state index contributed by atoms with van der Waals surface area (Å²) < 4.78 is 10.7. The zero-order valence-electron chi connectivity index (χ0n) is 11.2. The van der Waals surface area contributed by atoms with Crippen molar-refractivity contribution in [1.29, 1.82) is 0 Å². The molecule has 1 aromatic rings. The van der Waals surface area contributed by atoms with E-state index in [1.807, 2.05) is 19.2 Å². The maximum absolute atomic E-state index is 5.41. The van der Waals surface area contributed by atoms with Gasteiger partial charge >= 0.3 is 0 Å². The first-order valence-electron chi connectivity index (χ1n) is 6.16. The molecule has 1 N–H and O–H groups in total. The number of unbranched alkanes of at least 4 members (excludes halogenated alkanes) is 1. The van der Waals surface area contributed by atoms with Gasteiger partial charge in [-0.15, -0.1) is 0 Å². The molecule has 0 saturated heterocycles. The molecule has 0 fully saturated rings. The Balaban J connectivity index is 2.97. The summed E-state index contributed by atoms with van der Waals surface area (Å²) in [4.78, 5) is 0. The molecule has 96 valence electrons. The molecular weight excluding hydrogens is 214 g/mol. The van der Waals surface area contributed by atoms with E-state index in [9.17, 15) is 0 Å². The zero-order valence-corrected chi connectivity index (χ0v) is 11.2. The van der Waals surface area contributed by atoms with Gasteiger partial charge in [0.05, 0.1) is 14.2 Å². The van der Waals surface area contributed by atoms with E-state index in [4.69, 9.17) is 9.47 Å². The number of hydrogen-bond acceptors (Lipinski definition) is 3. The summed E-state index contributed by atoms with van der Waals surface area (Å²) in [5.74, 6) is 1.79. The SMILES string of the molecule is CCCCC(NC)c1cc(OC)ccc1OC. The fourth-order valence-corrected chi connectivity index (χ4v) is 1.98. The van der Waals surface area contributed by atoms with E-state index >= 15 is 0 Å². The largest absolute Gasteiger partial charge is 0.497 e. The van der Waals surface area contributed by atoms with Gasteiger partial charge in [-0.3, -0.25) is 0 Å². The first kappa shape index (κ1) is 13.8. The molecule has 0 aliphatic carbocycles. The monoisotopic (exact) mass is 237 g/mol. The van der Waals surface area contributed by atoms with Gasteiger partial charge in [0.2, 0.25) is 0 Å². The van der Waals surface area contributed by atoms with Crippen molar-refractivity contribution in [3.05, 3.63) is 23.8 Å². The second-order valence-electron chi connectivity index (χ2n) is 4.09. The van der Waals surface area contributed by atoms with Gasteiger partial charge in [-0.1, -0.05) is 19.8 Å². The average molecular weight is 237 g/mol. The molecule has 0 saturated carbocycles. The van der Waals surface area contributed by atoms with E-state index in [-0.39, 0.29) is 0 Å². The maximum atomic E-state index is 5.41. The third kappa shape index (κ3) is 3.63. The topological polar surface area (TPSA) is 30.5 Å². The first-order chi connectivity index (χ1) is 8.26. The summed E-state index contributed by atoms with van der Waals surface area (Å²) in [6.45, 7) is 2.20. The van der Waals surface area contributed by atoms with E-state index in [2.05, 4.69) is 18.3 Å². The predicted octanol–water partition coefficient (Wildman–Crippen LogP) is 3.15. The second-order valence-corrected chi connectivity index (χ2v) is 4.09. The molecule has 3 nitrogen and oxygen atoms in total. The van der Waals surface area contributed by atoms with E-state index in [1.165, 1.54) is 18.4 Å². The van der Waals surface area contributed by atoms with Gasteiger partial charge in [0.1, 0.15) is 11.5 Å². The van der Waals surface area contributed by atoms with Crippen LogP contribution < -0.4 is 14.8 Å². The van der Waals surface area contributed by atoms with E-state index < -0.39 is 0 Å². The predicted molar refractivity (Wildman–Crippen MR) is 70.9 cm³/mol. The Morgan fingerprint density at radius 2 is 2.00 bits per heavy atom. The van der Waals surface area contributed by atoms with Crippen molar-refractivity contribution in [3.8, 4) is 11.5 Å². The molecular formula is C14H23NO2. The minimum absolute atomic E-state index is 0.319. The molecule has 0 aliphatic rings. The third-order valence-electron chi connectivity index (χ3n) is 3.01. The lowest BCUT2D eigenvalue weighted by Gasteiger charge is -2.20. The van der Waals surface area contributed by atoms with Crippen LogP contribution in [0.3, 0.4) is 0 Å². The standard InChI is InChI=1S/C14H23NO2/c1-5-6-7-13(15-2)12-10-11(16-3)8-9-14(12)17-4/h8-10,13,15H,5-7H2,1-4H3. The van der Waals surface area contributed by atoms with Gasteiger partial charge in [0.25, 0.3) is 0 Å². The summed E-state index contributed by atoms with van der Waals surface area (Å²) >= 11 is 0. The lowest BCUT2D eigenvalue weighted by Crippen LogP contribution is -2.17. The number of ether oxygens (including phenoxy) is 2. The lowest BCUT2D eigenvalue weighted by atomic mass is 10.00. The molecule has 17 heavy (non-hydrogen) atoms. The van der Waals surface area contributed by atoms with E-state index in [1.54, 1.807) is 14.2 Å². The first-order valence-corrected chi connectivity index (χ1v) is 6.16. The van der Waals surface area contributed by atoms with Gasteiger partial charge in [0.15, 0.2) is 0 Å². The molecule has 0 amide bonds. The van der Waals surface area contributed by atoms with Gasteiger partial charge < -0.3 is 14.8 Å². The van der Waals surface area contributed by atoms with Crippen LogP contribution in [0.2, 0.25) is 0 Å². The van der Waals surface area contributed by atoms with Crippen LogP contribution in [0.15, 0.2) is 18.2 Å². The molecule has 3 heteroatoms. The molecule has 1 aromatic carbocycles. The van der Waals surface area contributed by atoms with Gasteiger partial charge in [-0.25, -0.2) is 0 Å². The lowest BCUT2D eigenvalue weighted by molar-refractivity contribution is 0.388. The summed E-state index contributed by atoms with van der Waals surface area (Å²) in [6, 6.07) is 6.26. The molecule has 0 radical (unpaired) electrons. The van der Waals surface area contributed by atoms with Crippen molar-refractivity contribution in [1.82, 2.24) is 5.32 Å². The molecule has 0 spiro atoms. The number of rotatable bonds is 7. The van der Waals surface area contributed by atoms with Crippen molar-refractivity contribution < 1.29 is 9.47 Å². The molecule has 0 aromatic heterocycles. The van der Waals surface area contributed by atoms with Gasteiger partial charge in [-0.05, 0) is 31.7 Å². The normalized spacial score (nSPS) is 12.2. The van der Waals surface area contributed by atoms with E-state index in [0.717, 1.165) is 17.9 Å². The smallest absolute Gasteiger partial charge is 0.123 e. The van der Waals surface area contributed by atoms with Crippen molar-refractivity contribution in [2.45, 2.75) is 32.2 Å². The Morgan fingerprint density at radius 1 is 1.24 bits per heavy atom. The van der Waals surface area contributed by atoms with E-state index in [0.29, 0.717) is 6.04 Å². The maximum Gasteiger partial charge on any atom is 0.123 e. The summed E-state index contributed by atoms with van der Waals surface area (Å²) in [5.41, 5.74) is 1.17. The highest BCUT2D eigenvalue weighted by Crippen LogP contribution is 2.31. The molecule has 1 rings (SSSR count). The summed E-state index contributed by atoms with van der Waals surface area (Å²) in [6.07, 6.45) is 3.51. The van der Waals surface area contributed by atoms with Crippen molar-refractivity contribution in [2.24, 2.45) is 0 Å². The van der Waals surface area contributed by atoms with Crippen LogP contribution in [-0.4, -0.2) is 21.3 Å². The Hall–Kier alpha value is -1.22. The van der Waals surface area contributed by atoms with Crippen molar-refractivity contribution in [3.63, 3.8) is 0 Å². The molecule has 1 atom stereocenters. The highest BCUT2D eigenvalue weighted by Gasteiger charge is 2.14. The third-order valence-corrected chi connectivity index (χ3v) is 3.01. The van der Waals surface area contributed by atoms with Crippen LogP contribution in [0, 0.1) is 0 Å². The quantitative estimate of drug-likeness (QED) is 0.790. The zero-order chi connectivity index (χ0) is 12.7. The highest BCUT2D eigenvalue weighted by molar-refractivity contribution is 5.42. The molecule has 0 heterocycles.